The summed E-state index contributed by atoms with van der Waals surface area (Å²) >= 11 is 0. The van der Waals surface area contributed by atoms with E-state index in [0.717, 1.165) is 0 Å². The average molecular weight is 408 g/mol. The molecule has 0 radical (unpaired) electrons. The number of carbonyl (C=O) groups is 1. The van der Waals surface area contributed by atoms with Crippen molar-refractivity contribution in [2.75, 3.05) is 13.7 Å². The maximum atomic E-state index is 10.9. The standard InChI is InChI=1S/C13H18O5.C8H10O3/c1-17-13(16)3-2-4-18-12-6-10(8-14)5-11(7-12)9-15;9-4-6-1-7(5-10)3-8(11)2-6/h5-7,14-15H,2-4,8-9H2,1H3;1-3,9-11H,4-5H2. The molecule has 0 aromatic heterocycles. The van der Waals surface area contributed by atoms with Crippen LogP contribution in [-0.4, -0.2) is 45.2 Å². The number of rotatable bonds is 9. The second-order valence-electron chi connectivity index (χ2n) is 6.15. The van der Waals surface area contributed by atoms with Crippen LogP contribution < -0.4 is 4.74 Å². The number of aliphatic hydroxyl groups is 4. The molecule has 0 fully saturated rings. The van der Waals surface area contributed by atoms with Gasteiger partial charge in [-0.2, -0.15) is 0 Å². The van der Waals surface area contributed by atoms with Crippen molar-refractivity contribution in [1.29, 1.82) is 0 Å². The molecule has 0 bridgehead atoms. The van der Waals surface area contributed by atoms with E-state index < -0.39 is 0 Å². The Morgan fingerprint density at radius 1 is 0.793 bits per heavy atom. The molecule has 2 aromatic carbocycles. The van der Waals surface area contributed by atoms with E-state index in [-0.39, 0.29) is 38.1 Å². The summed E-state index contributed by atoms with van der Waals surface area (Å²) in [7, 11) is 1.35. The summed E-state index contributed by atoms with van der Waals surface area (Å²) in [5.74, 6) is 0.384. The highest BCUT2D eigenvalue weighted by atomic mass is 16.5. The number of hydrogen-bond donors (Lipinski definition) is 5. The summed E-state index contributed by atoms with van der Waals surface area (Å²) in [5.41, 5.74) is 2.58. The molecule has 8 nitrogen and oxygen atoms in total. The minimum absolute atomic E-state index is 0.0700. The third-order valence-electron chi connectivity index (χ3n) is 3.82. The van der Waals surface area contributed by atoms with Gasteiger partial charge in [-0.25, -0.2) is 0 Å². The van der Waals surface area contributed by atoms with Gasteiger partial charge in [0.25, 0.3) is 0 Å². The molecule has 2 aromatic rings. The Hall–Kier alpha value is -2.65. The van der Waals surface area contributed by atoms with Gasteiger partial charge in [-0.05, 0) is 52.9 Å². The number of aliphatic hydroxyl groups excluding tert-OH is 4. The monoisotopic (exact) mass is 408 g/mol. The van der Waals surface area contributed by atoms with Gasteiger partial charge < -0.3 is 35.0 Å². The summed E-state index contributed by atoms with van der Waals surface area (Å²) < 4.78 is 9.97. The van der Waals surface area contributed by atoms with E-state index in [2.05, 4.69) is 4.74 Å². The van der Waals surface area contributed by atoms with E-state index in [1.807, 2.05) is 0 Å². The zero-order chi connectivity index (χ0) is 21.6. The fraction of sp³-hybridized carbons (Fsp3) is 0.381. The SMILES string of the molecule is COC(=O)CCCOc1cc(CO)cc(CO)c1.OCc1cc(O)cc(CO)c1. The van der Waals surface area contributed by atoms with Crippen molar-refractivity contribution in [2.45, 2.75) is 39.3 Å². The van der Waals surface area contributed by atoms with E-state index in [9.17, 15) is 4.79 Å². The van der Waals surface area contributed by atoms with E-state index in [0.29, 0.717) is 47.5 Å². The van der Waals surface area contributed by atoms with Crippen LogP contribution >= 0.6 is 0 Å². The number of hydrogen-bond acceptors (Lipinski definition) is 8. The Balaban J connectivity index is 0.000000326. The summed E-state index contributed by atoms with van der Waals surface area (Å²) in [6.45, 7) is -0.0730. The van der Waals surface area contributed by atoms with Gasteiger partial charge in [0.2, 0.25) is 0 Å². The molecule has 0 spiro atoms. The molecule has 5 N–H and O–H groups in total. The first-order valence-corrected chi connectivity index (χ1v) is 9.03. The van der Waals surface area contributed by atoms with Crippen LogP contribution in [0, 0.1) is 0 Å². The highest BCUT2D eigenvalue weighted by molar-refractivity contribution is 5.69. The lowest BCUT2D eigenvalue weighted by atomic mass is 10.1. The summed E-state index contributed by atoms with van der Waals surface area (Å²) in [5, 5.41) is 44.5. The summed E-state index contributed by atoms with van der Waals surface area (Å²) in [6.07, 6.45) is 0.869. The van der Waals surface area contributed by atoms with Gasteiger partial charge in [0.05, 0.1) is 40.1 Å². The van der Waals surface area contributed by atoms with E-state index >= 15 is 0 Å². The molecule has 160 valence electrons. The van der Waals surface area contributed by atoms with Crippen molar-refractivity contribution < 1.29 is 39.8 Å². The average Bonchev–Trinajstić information content (AvgIpc) is 2.75. The lowest BCUT2D eigenvalue weighted by molar-refractivity contribution is -0.140. The molecule has 8 heteroatoms. The van der Waals surface area contributed by atoms with Gasteiger partial charge in [0, 0.05) is 6.42 Å². The molecule has 0 saturated carbocycles. The molecule has 0 atom stereocenters. The van der Waals surface area contributed by atoms with Gasteiger partial charge in [0.15, 0.2) is 0 Å². The normalized spacial score (nSPS) is 10.1. The van der Waals surface area contributed by atoms with Crippen LogP contribution in [0.4, 0.5) is 0 Å². The zero-order valence-electron chi connectivity index (χ0n) is 16.4. The topological polar surface area (TPSA) is 137 Å². The third-order valence-corrected chi connectivity index (χ3v) is 3.82. The Labute approximate surface area is 169 Å². The molecule has 0 saturated heterocycles. The third kappa shape index (κ3) is 9.40. The predicted octanol–water partition coefficient (Wildman–Crippen LogP) is 1.38. The maximum absolute atomic E-state index is 10.9. The Kier molecular flexibility index (Phi) is 11.4. The number of ether oxygens (including phenoxy) is 2. The van der Waals surface area contributed by atoms with Gasteiger partial charge >= 0.3 is 5.97 Å². The molecular weight excluding hydrogens is 380 g/mol. The van der Waals surface area contributed by atoms with Crippen LogP contribution in [0.5, 0.6) is 11.5 Å². The summed E-state index contributed by atoms with van der Waals surface area (Å²) in [4.78, 5) is 10.9. The second kappa shape index (κ2) is 13.5. The van der Waals surface area contributed by atoms with Crippen LogP contribution in [0.3, 0.4) is 0 Å². The van der Waals surface area contributed by atoms with Crippen LogP contribution in [0.25, 0.3) is 0 Å². The second-order valence-corrected chi connectivity index (χ2v) is 6.15. The fourth-order valence-electron chi connectivity index (χ4n) is 2.43. The molecule has 0 heterocycles. The van der Waals surface area contributed by atoms with E-state index in [1.54, 1.807) is 24.3 Å². The smallest absolute Gasteiger partial charge is 0.305 e. The molecule has 29 heavy (non-hydrogen) atoms. The Morgan fingerprint density at radius 2 is 1.24 bits per heavy atom. The Morgan fingerprint density at radius 3 is 1.66 bits per heavy atom. The maximum Gasteiger partial charge on any atom is 0.305 e. The number of phenols is 1. The molecule has 0 unspecified atom stereocenters. The molecule has 0 amide bonds. The van der Waals surface area contributed by atoms with Gasteiger partial charge in [-0.1, -0.05) is 12.1 Å². The lowest BCUT2D eigenvalue weighted by Gasteiger charge is -2.09. The number of benzene rings is 2. The van der Waals surface area contributed by atoms with Crippen molar-refractivity contribution in [2.24, 2.45) is 0 Å². The minimum Gasteiger partial charge on any atom is -0.508 e. The number of aromatic hydroxyl groups is 1. The van der Waals surface area contributed by atoms with Crippen molar-refractivity contribution in [3.05, 3.63) is 58.7 Å². The van der Waals surface area contributed by atoms with Crippen LogP contribution in [0.1, 0.15) is 35.1 Å². The molecule has 0 aliphatic heterocycles. The molecular formula is C21H28O8. The summed E-state index contributed by atoms with van der Waals surface area (Å²) in [6, 6.07) is 9.67. The quantitative estimate of drug-likeness (QED) is 0.310. The van der Waals surface area contributed by atoms with Crippen LogP contribution in [0.2, 0.25) is 0 Å². The van der Waals surface area contributed by atoms with Gasteiger partial charge in [0.1, 0.15) is 11.5 Å². The van der Waals surface area contributed by atoms with Gasteiger partial charge in [-0.15, -0.1) is 0 Å². The number of carbonyl (C=O) groups excluding carboxylic acids is 1. The number of esters is 1. The molecule has 0 aliphatic carbocycles. The Bertz CT molecular complexity index is 716. The van der Waals surface area contributed by atoms with Crippen molar-refractivity contribution in [1.82, 2.24) is 0 Å². The first-order chi connectivity index (χ1) is 13.9. The largest absolute Gasteiger partial charge is 0.508 e. The molecule has 2 rings (SSSR count). The lowest BCUT2D eigenvalue weighted by Crippen LogP contribution is -2.05. The number of phenolic OH excluding ortho intramolecular Hbond substituents is 1. The fourth-order valence-corrected chi connectivity index (χ4v) is 2.43. The highest BCUT2D eigenvalue weighted by Crippen LogP contribution is 2.18. The predicted molar refractivity (Wildman–Crippen MR) is 105 cm³/mol. The van der Waals surface area contributed by atoms with Crippen LogP contribution in [-0.2, 0) is 36.0 Å². The minimum atomic E-state index is -0.265. The van der Waals surface area contributed by atoms with Crippen LogP contribution in [0.15, 0.2) is 36.4 Å². The van der Waals surface area contributed by atoms with Crippen molar-refractivity contribution in [3.63, 3.8) is 0 Å². The van der Waals surface area contributed by atoms with Gasteiger partial charge in [-0.3, -0.25) is 4.79 Å². The van der Waals surface area contributed by atoms with E-state index in [1.165, 1.54) is 19.2 Å². The number of methoxy groups -OCH3 is 1. The first kappa shape index (κ1) is 24.4. The zero-order valence-corrected chi connectivity index (χ0v) is 16.4. The molecule has 0 aliphatic rings. The first-order valence-electron chi connectivity index (χ1n) is 9.03. The van der Waals surface area contributed by atoms with Crippen molar-refractivity contribution in [3.8, 4) is 11.5 Å². The van der Waals surface area contributed by atoms with E-state index in [4.69, 9.17) is 30.3 Å². The highest BCUT2D eigenvalue weighted by Gasteiger charge is 2.03. The van der Waals surface area contributed by atoms with Crippen molar-refractivity contribution >= 4 is 5.97 Å².